The SMILES string of the molecule is CC(C)c1csc(C=Cc2cccc(NC(=O)c3cccc(NS(=O)(=O)CF)c3)c2)n1. The molecule has 162 valence electrons. The van der Waals surface area contributed by atoms with Crippen LogP contribution in [0.1, 0.15) is 46.4 Å². The average molecular weight is 460 g/mol. The van der Waals surface area contributed by atoms with Gasteiger partial charge in [-0.25, -0.2) is 17.8 Å². The van der Waals surface area contributed by atoms with E-state index < -0.39 is 21.9 Å². The number of nitrogens with one attached hydrogen (secondary N) is 2. The number of carbonyl (C=O) groups is 1. The number of aromatic nitrogens is 1. The number of amides is 1. The van der Waals surface area contributed by atoms with Crippen LogP contribution in [0.2, 0.25) is 0 Å². The normalized spacial score (nSPS) is 11.7. The quantitative estimate of drug-likeness (QED) is 0.475. The molecule has 0 bridgehead atoms. The first-order valence-corrected chi connectivity index (χ1v) is 12.0. The molecule has 6 nitrogen and oxygen atoms in total. The summed E-state index contributed by atoms with van der Waals surface area (Å²) in [6, 6.07) is 11.6. The van der Waals surface area contributed by atoms with Crippen LogP contribution in [0.5, 0.6) is 0 Å². The van der Waals surface area contributed by atoms with Crippen LogP contribution < -0.4 is 10.0 Å². The van der Waals surface area contributed by atoms with Crippen molar-refractivity contribution in [3.05, 3.63) is 75.7 Å². The summed E-state index contributed by atoms with van der Waals surface area (Å²) in [5.41, 5.74) is 2.89. The van der Waals surface area contributed by atoms with Crippen molar-refractivity contribution in [1.29, 1.82) is 0 Å². The van der Waals surface area contributed by atoms with Crippen LogP contribution in [0, 0.1) is 0 Å². The van der Waals surface area contributed by atoms with Gasteiger partial charge in [0.2, 0.25) is 6.01 Å². The van der Waals surface area contributed by atoms with Crippen LogP contribution in [-0.4, -0.2) is 25.3 Å². The van der Waals surface area contributed by atoms with E-state index in [2.05, 4.69) is 28.9 Å². The van der Waals surface area contributed by atoms with E-state index in [1.54, 1.807) is 23.5 Å². The third kappa shape index (κ3) is 6.47. The lowest BCUT2D eigenvalue weighted by atomic mass is 10.1. The summed E-state index contributed by atoms with van der Waals surface area (Å²) in [5, 5.41) is 5.74. The Balaban J connectivity index is 1.70. The van der Waals surface area contributed by atoms with Gasteiger partial charge in [-0.15, -0.1) is 11.3 Å². The van der Waals surface area contributed by atoms with Gasteiger partial charge in [0.25, 0.3) is 15.9 Å². The zero-order valence-corrected chi connectivity index (χ0v) is 18.6. The van der Waals surface area contributed by atoms with E-state index in [4.69, 9.17) is 0 Å². The van der Waals surface area contributed by atoms with E-state index in [1.807, 2.05) is 35.7 Å². The topological polar surface area (TPSA) is 88.2 Å². The molecule has 3 aromatic rings. The predicted octanol–water partition coefficient (Wildman–Crippen LogP) is 5.36. The third-order valence-corrected chi connectivity index (χ3v) is 5.90. The summed E-state index contributed by atoms with van der Waals surface area (Å²) in [6.07, 6.45) is 3.85. The Morgan fingerprint density at radius 2 is 1.87 bits per heavy atom. The highest BCUT2D eigenvalue weighted by atomic mass is 32.2. The van der Waals surface area contributed by atoms with Crippen molar-refractivity contribution in [3.8, 4) is 0 Å². The highest BCUT2D eigenvalue weighted by Gasteiger charge is 2.12. The monoisotopic (exact) mass is 459 g/mol. The molecule has 0 aliphatic rings. The van der Waals surface area contributed by atoms with Crippen LogP contribution in [0.4, 0.5) is 15.8 Å². The summed E-state index contributed by atoms with van der Waals surface area (Å²) in [5.74, 6) is -0.0355. The average Bonchev–Trinajstić information content (AvgIpc) is 3.22. The zero-order chi connectivity index (χ0) is 22.4. The molecule has 0 aliphatic heterocycles. The highest BCUT2D eigenvalue weighted by molar-refractivity contribution is 7.92. The summed E-state index contributed by atoms with van der Waals surface area (Å²) in [6.45, 7) is 4.20. The van der Waals surface area contributed by atoms with Gasteiger partial charge in [0.1, 0.15) is 5.01 Å². The number of rotatable bonds is 8. The maximum absolute atomic E-state index is 12.6. The Kier molecular flexibility index (Phi) is 7.19. The molecule has 0 saturated heterocycles. The van der Waals surface area contributed by atoms with Crippen molar-refractivity contribution >= 4 is 50.8 Å². The molecule has 0 saturated carbocycles. The van der Waals surface area contributed by atoms with Crippen molar-refractivity contribution in [3.63, 3.8) is 0 Å². The smallest absolute Gasteiger partial charge is 0.262 e. The van der Waals surface area contributed by atoms with Crippen LogP contribution in [-0.2, 0) is 10.0 Å². The number of halogens is 1. The van der Waals surface area contributed by atoms with Crippen molar-refractivity contribution < 1.29 is 17.6 Å². The van der Waals surface area contributed by atoms with E-state index in [9.17, 15) is 17.6 Å². The molecule has 0 aliphatic carbocycles. The molecule has 1 amide bonds. The summed E-state index contributed by atoms with van der Waals surface area (Å²) in [7, 11) is -4.07. The van der Waals surface area contributed by atoms with Gasteiger partial charge < -0.3 is 5.32 Å². The number of carbonyl (C=O) groups excluding carboxylic acids is 1. The highest BCUT2D eigenvalue weighted by Crippen LogP contribution is 2.21. The number of hydrogen-bond acceptors (Lipinski definition) is 5. The standard InChI is InChI=1S/C22H22FN3O3S2/c1-15(2)20-13-30-21(25-20)10-9-16-5-3-7-18(11-16)24-22(27)17-6-4-8-19(12-17)26-31(28,29)14-23/h3-13,15,26H,14H2,1-2H3,(H,24,27). The molecule has 0 radical (unpaired) electrons. The van der Waals surface area contributed by atoms with Crippen LogP contribution in [0.25, 0.3) is 12.2 Å². The predicted molar refractivity (Wildman–Crippen MR) is 124 cm³/mol. The molecule has 0 fully saturated rings. The van der Waals surface area contributed by atoms with Gasteiger partial charge in [-0.1, -0.05) is 38.1 Å². The fourth-order valence-corrected chi connectivity index (χ4v) is 4.08. The zero-order valence-electron chi connectivity index (χ0n) is 17.0. The molecule has 0 atom stereocenters. The number of alkyl halides is 1. The van der Waals surface area contributed by atoms with E-state index in [0.717, 1.165) is 16.3 Å². The molecule has 31 heavy (non-hydrogen) atoms. The lowest BCUT2D eigenvalue weighted by Crippen LogP contribution is -2.15. The van der Waals surface area contributed by atoms with Gasteiger partial charge in [0.15, 0.2) is 0 Å². The van der Waals surface area contributed by atoms with Crippen LogP contribution in [0.15, 0.2) is 53.9 Å². The first-order chi connectivity index (χ1) is 14.8. The fraction of sp³-hybridized carbons (Fsp3) is 0.182. The number of benzene rings is 2. The Morgan fingerprint density at radius 1 is 1.13 bits per heavy atom. The molecule has 1 heterocycles. The Labute approximate surface area is 184 Å². The molecular formula is C22H22FN3O3S2. The summed E-state index contributed by atoms with van der Waals surface area (Å²) < 4.78 is 37.4. The Hall–Kier alpha value is -3.04. The van der Waals surface area contributed by atoms with Crippen molar-refractivity contribution in [2.24, 2.45) is 0 Å². The molecule has 1 aromatic heterocycles. The van der Waals surface area contributed by atoms with Gasteiger partial charge in [-0.2, -0.15) is 0 Å². The second-order valence-electron chi connectivity index (χ2n) is 7.08. The van der Waals surface area contributed by atoms with Gasteiger partial charge in [0, 0.05) is 22.3 Å². The second kappa shape index (κ2) is 9.84. The first-order valence-electron chi connectivity index (χ1n) is 9.47. The van der Waals surface area contributed by atoms with Gasteiger partial charge in [-0.3, -0.25) is 9.52 Å². The van der Waals surface area contributed by atoms with E-state index in [0.29, 0.717) is 11.6 Å². The van der Waals surface area contributed by atoms with E-state index in [-0.39, 0.29) is 11.3 Å². The largest absolute Gasteiger partial charge is 0.322 e. The number of anilines is 2. The van der Waals surface area contributed by atoms with Gasteiger partial charge in [0.05, 0.1) is 5.69 Å². The second-order valence-corrected chi connectivity index (χ2v) is 9.63. The number of hydrogen-bond donors (Lipinski definition) is 2. The van der Waals surface area contributed by atoms with Gasteiger partial charge >= 0.3 is 0 Å². The number of thiazole rings is 1. The molecule has 9 heteroatoms. The molecular weight excluding hydrogens is 437 g/mol. The molecule has 2 N–H and O–H groups in total. The molecule has 0 spiro atoms. The lowest BCUT2D eigenvalue weighted by Gasteiger charge is -2.09. The fourth-order valence-electron chi connectivity index (χ4n) is 2.66. The lowest BCUT2D eigenvalue weighted by molar-refractivity contribution is 0.102. The minimum Gasteiger partial charge on any atom is -0.322 e. The van der Waals surface area contributed by atoms with Crippen LogP contribution in [0.3, 0.4) is 0 Å². The third-order valence-electron chi connectivity index (χ3n) is 4.24. The van der Waals surface area contributed by atoms with Crippen molar-refractivity contribution in [2.75, 3.05) is 16.0 Å². The first kappa shape index (κ1) is 22.6. The Morgan fingerprint density at radius 3 is 2.58 bits per heavy atom. The number of sulfonamides is 1. The van der Waals surface area contributed by atoms with Crippen molar-refractivity contribution in [2.45, 2.75) is 19.8 Å². The maximum Gasteiger partial charge on any atom is 0.262 e. The van der Waals surface area contributed by atoms with E-state index >= 15 is 0 Å². The van der Waals surface area contributed by atoms with Crippen LogP contribution >= 0.6 is 11.3 Å². The van der Waals surface area contributed by atoms with Crippen molar-refractivity contribution in [1.82, 2.24) is 4.98 Å². The summed E-state index contributed by atoms with van der Waals surface area (Å²) in [4.78, 5) is 17.1. The summed E-state index contributed by atoms with van der Waals surface area (Å²) >= 11 is 1.58. The molecule has 0 unspecified atom stereocenters. The minimum absolute atomic E-state index is 0.117. The maximum atomic E-state index is 12.6. The Bertz CT molecular complexity index is 1200. The number of nitrogens with zero attached hydrogens (tertiary/aromatic N) is 1. The van der Waals surface area contributed by atoms with Gasteiger partial charge in [-0.05, 0) is 47.9 Å². The van der Waals surface area contributed by atoms with E-state index in [1.165, 1.54) is 18.2 Å². The minimum atomic E-state index is -4.07. The molecule has 3 rings (SSSR count). The molecule has 2 aromatic carbocycles.